The van der Waals surface area contributed by atoms with Gasteiger partial charge >= 0.3 is 0 Å². The van der Waals surface area contributed by atoms with Gasteiger partial charge in [-0.1, -0.05) is 29.8 Å². The minimum absolute atomic E-state index is 0.133. The fourth-order valence-electron chi connectivity index (χ4n) is 3.82. The Morgan fingerprint density at radius 2 is 1.97 bits per heavy atom. The molecule has 1 fully saturated rings. The molecule has 2 N–H and O–H groups in total. The van der Waals surface area contributed by atoms with Crippen LogP contribution in [0.1, 0.15) is 34.7 Å². The molecule has 1 saturated heterocycles. The Morgan fingerprint density at radius 3 is 2.78 bits per heavy atom. The molecule has 0 bridgehead atoms. The molecule has 0 aliphatic carbocycles. The minimum Gasteiger partial charge on any atom is -0.342 e. The third-order valence-corrected chi connectivity index (χ3v) is 5.72. The molecule has 4 aromatic rings. The van der Waals surface area contributed by atoms with Crippen LogP contribution in [0.3, 0.4) is 0 Å². The maximum atomic E-state index is 13.9. The Kier molecular flexibility index (Phi) is 5.45. The molecule has 1 amide bonds. The topological polar surface area (TPSA) is 86.8 Å². The molecular weight excluding hydrogens is 431 g/mol. The number of anilines is 2. The van der Waals surface area contributed by atoms with Crippen LogP contribution in [-0.4, -0.2) is 38.9 Å². The van der Waals surface area contributed by atoms with E-state index < -0.39 is 5.91 Å². The van der Waals surface area contributed by atoms with Gasteiger partial charge in [0.25, 0.3) is 5.91 Å². The van der Waals surface area contributed by atoms with E-state index in [1.54, 1.807) is 36.4 Å². The molecular formula is C23H20ClFN6O. The van der Waals surface area contributed by atoms with Gasteiger partial charge in [0, 0.05) is 25.2 Å². The van der Waals surface area contributed by atoms with Gasteiger partial charge in [-0.25, -0.2) is 19.3 Å². The fourth-order valence-corrected chi connectivity index (χ4v) is 4.00. The van der Waals surface area contributed by atoms with Crippen LogP contribution in [-0.2, 0) is 6.42 Å². The predicted octanol–water partition coefficient (Wildman–Crippen LogP) is 4.59. The minimum atomic E-state index is -0.414. The van der Waals surface area contributed by atoms with E-state index in [2.05, 4.69) is 25.3 Å². The van der Waals surface area contributed by atoms with Gasteiger partial charge in [-0.3, -0.25) is 4.79 Å². The lowest BCUT2D eigenvalue weighted by Gasteiger charge is -2.16. The summed E-state index contributed by atoms with van der Waals surface area (Å²) >= 11 is 6.20. The number of carbonyl (C=O) groups excluding carboxylic acids is 1. The highest BCUT2D eigenvalue weighted by Gasteiger charge is 2.20. The number of rotatable bonds is 5. The van der Waals surface area contributed by atoms with E-state index in [1.165, 1.54) is 12.3 Å². The third-order valence-electron chi connectivity index (χ3n) is 5.44. The Labute approximate surface area is 188 Å². The number of fused-ring (bicyclic) bond motifs is 1. The van der Waals surface area contributed by atoms with Gasteiger partial charge in [-0.15, -0.1) is 0 Å². The van der Waals surface area contributed by atoms with Crippen molar-refractivity contribution in [2.24, 2.45) is 0 Å². The van der Waals surface area contributed by atoms with E-state index in [9.17, 15) is 9.18 Å². The van der Waals surface area contributed by atoms with Crippen molar-refractivity contribution in [3.05, 3.63) is 76.6 Å². The molecule has 0 radical (unpaired) electrons. The predicted molar refractivity (Wildman–Crippen MR) is 122 cm³/mol. The van der Waals surface area contributed by atoms with Gasteiger partial charge in [0.2, 0.25) is 5.95 Å². The Hall–Kier alpha value is -3.52. The van der Waals surface area contributed by atoms with Gasteiger partial charge in [0.15, 0.2) is 5.69 Å². The van der Waals surface area contributed by atoms with Gasteiger partial charge in [-0.2, -0.15) is 0 Å². The number of aromatic nitrogens is 4. The van der Waals surface area contributed by atoms with Crippen molar-refractivity contribution in [1.29, 1.82) is 0 Å². The summed E-state index contributed by atoms with van der Waals surface area (Å²) in [7, 11) is 0. The highest BCUT2D eigenvalue weighted by Crippen LogP contribution is 2.23. The zero-order valence-electron chi connectivity index (χ0n) is 17.1. The normalized spacial score (nSPS) is 13.6. The number of nitrogens with one attached hydrogen (secondary N) is 2. The van der Waals surface area contributed by atoms with Crippen LogP contribution in [0.2, 0.25) is 5.02 Å². The first-order chi connectivity index (χ1) is 15.6. The zero-order chi connectivity index (χ0) is 22.1. The number of benzene rings is 2. The summed E-state index contributed by atoms with van der Waals surface area (Å²) in [4.78, 5) is 31.2. The second-order valence-corrected chi connectivity index (χ2v) is 8.11. The first kappa shape index (κ1) is 20.4. The van der Waals surface area contributed by atoms with E-state index in [-0.39, 0.29) is 16.5 Å². The van der Waals surface area contributed by atoms with Crippen LogP contribution in [0.4, 0.5) is 16.0 Å². The highest BCUT2D eigenvalue weighted by molar-refractivity contribution is 6.34. The number of aromatic amines is 1. The third kappa shape index (κ3) is 4.13. The number of halogens is 2. The molecule has 32 heavy (non-hydrogen) atoms. The summed E-state index contributed by atoms with van der Waals surface area (Å²) in [5.41, 5.74) is 2.73. The lowest BCUT2D eigenvalue weighted by Crippen LogP contribution is -2.23. The molecule has 5 rings (SSSR count). The Morgan fingerprint density at radius 1 is 1.16 bits per heavy atom. The number of carbonyl (C=O) groups is 1. The van der Waals surface area contributed by atoms with E-state index in [0.717, 1.165) is 37.0 Å². The summed E-state index contributed by atoms with van der Waals surface area (Å²) in [6, 6.07) is 11.9. The van der Waals surface area contributed by atoms with E-state index in [1.807, 2.05) is 4.90 Å². The first-order valence-corrected chi connectivity index (χ1v) is 10.8. The van der Waals surface area contributed by atoms with Crippen molar-refractivity contribution in [1.82, 2.24) is 19.9 Å². The molecule has 9 heteroatoms. The molecule has 1 aliphatic heterocycles. The summed E-state index contributed by atoms with van der Waals surface area (Å²) in [5.74, 6) is 0.473. The molecule has 0 unspecified atom stereocenters. The van der Waals surface area contributed by atoms with Gasteiger partial charge in [0.1, 0.15) is 11.6 Å². The van der Waals surface area contributed by atoms with Gasteiger partial charge in [-0.05, 0) is 42.7 Å². The average Bonchev–Trinajstić information content (AvgIpc) is 3.45. The van der Waals surface area contributed by atoms with Crippen molar-refractivity contribution in [2.75, 3.05) is 23.3 Å². The number of imidazole rings is 1. The SMILES string of the molecule is O=C(Nc1ccc2nc(Cc3ccccc3F)[nH]c2c1)c1nc(N2CCCC2)ncc1Cl. The van der Waals surface area contributed by atoms with Crippen LogP contribution < -0.4 is 10.2 Å². The summed E-state index contributed by atoms with van der Waals surface area (Å²) in [6.07, 6.45) is 3.97. The summed E-state index contributed by atoms with van der Waals surface area (Å²) in [5, 5.41) is 3.03. The molecule has 0 atom stereocenters. The fraction of sp³-hybridized carbons (Fsp3) is 0.217. The van der Waals surface area contributed by atoms with Crippen LogP contribution >= 0.6 is 11.6 Å². The largest absolute Gasteiger partial charge is 0.342 e. The molecule has 0 spiro atoms. The van der Waals surface area contributed by atoms with Crippen LogP contribution in [0.5, 0.6) is 0 Å². The van der Waals surface area contributed by atoms with E-state index in [4.69, 9.17) is 11.6 Å². The zero-order valence-corrected chi connectivity index (χ0v) is 17.9. The Bertz CT molecular complexity index is 1300. The van der Waals surface area contributed by atoms with E-state index in [0.29, 0.717) is 29.4 Å². The van der Waals surface area contributed by atoms with Crippen molar-refractivity contribution in [2.45, 2.75) is 19.3 Å². The molecule has 0 saturated carbocycles. The van der Waals surface area contributed by atoms with Crippen LogP contribution in [0, 0.1) is 5.82 Å². The number of hydrogen-bond acceptors (Lipinski definition) is 5. The van der Waals surface area contributed by atoms with Crippen LogP contribution in [0.15, 0.2) is 48.7 Å². The maximum absolute atomic E-state index is 13.9. The summed E-state index contributed by atoms with van der Waals surface area (Å²) in [6.45, 7) is 1.74. The smallest absolute Gasteiger partial charge is 0.276 e. The summed E-state index contributed by atoms with van der Waals surface area (Å²) < 4.78 is 13.9. The van der Waals surface area contributed by atoms with Crippen molar-refractivity contribution in [3.8, 4) is 0 Å². The average molecular weight is 451 g/mol. The van der Waals surface area contributed by atoms with Crippen molar-refractivity contribution < 1.29 is 9.18 Å². The van der Waals surface area contributed by atoms with Crippen molar-refractivity contribution >= 4 is 40.2 Å². The molecule has 2 aromatic carbocycles. The van der Waals surface area contributed by atoms with Gasteiger partial charge in [0.05, 0.1) is 22.3 Å². The molecule has 162 valence electrons. The molecule has 3 heterocycles. The molecule has 7 nitrogen and oxygen atoms in total. The van der Waals surface area contributed by atoms with Gasteiger partial charge < -0.3 is 15.2 Å². The lowest BCUT2D eigenvalue weighted by atomic mass is 10.1. The highest BCUT2D eigenvalue weighted by atomic mass is 35.5. The molecule has 2 aromatic heterocycles. The first-order valence-electron chi connectivity index (χ1n) is 10.4. The van der Waals surface area contributed by atoms with Crippen molar-refractivity contribution in [3.63, 3.8) is 0 Å². The number of nitrogens with zero attached hydrogens (tertiary/aromatic N) is 4. The Balaban J connectivity index is 1.35. The lowest BCUT2D eigenvalue weighted by molar-refractivity contribution is 0.102. The maximum Gasteiger partial charge on any atom is 0.276 e. The second kappa shape index (κ2) is 8.55. The quantitative estimate of drug-likeness (QED) is 0.464. The van der Waals surface area contributed by atoms with E-state index >= 15 is 0 Å². The number of hydrogen-bond donors (Lipinski definition) is 2. The second-order valence-electron chi connectivity index (χ2n) is 7.70. The van der Waals surface area contributed by atoms with Crippen LogP contribution in [0.25, 0.3) is 11.0 Å². The monoisotopic (exact) mass is 450 g/mol. The molecule has 1 aliphatic rings. The number of H-pyrrole nitrogens is 1. The standard InChI is InChI=1S/C23H20ClFN6O/c24-16-13-26-23(31-9-3-4-10-31)30-21(16)22(32)27-15-7-8-18-19(12-15)29-20(28-18)11-14-5-1-2-6-17(14)25/h1-2,5-8,12-13H,3-4,9-11H2,(H,27,32)(H,28,29). The number of amides is 1.